The van der Waals surface area contributed by atoms with Crippen LogP contribution < -0.4 is 0 Å². The number of hydrogen-bond donors (Lipinski definition) is 0. The van der Waals surface area contributed by atoms with Gasteiger partial charge in [0.05, 0.1) is 0 Å². The zero-order chi connectivity index (χ0) is 14.6. The van der Waals surface area contributed by atoms with Crippen molar-refractivity contribution in [2.24, 2.45) is 23.2 Å². The quantitative estimate of drug-likeness (QED) is 0.597. The topological polar surface area (TPSA) is 0 Å². The first-order valence-electron chi connectivity index (χ1n) is 7.77. The van der Waals surface area contributed by atoms with Crippen molar-refractivity contribution in [3.05, 3.63) is 35.9 Å². The molecule has 0 amide bonds. The van der Waals surface area contributed by atoms with Crippen LogP contribution in [0.4, 0.5) is 0 Å². The monoisotopic (exact) mass is 260 g/mol. The fraction of sp³-hybridized carbons (Fsp3) is 0.684. The second kappa shape index (κ2) is 6.59. The Hall–Kier alpha value is -0.780. The molecule has 0 fully saturated rings. The third-order valence-electron chi connectivity index (χ3n) is 4.07. The van der Waals surface area contributed by atoms with Crippen LogP contribution in [-0.4, -0.2) is 0 Å². The number of rotatable bonds is 5. The molecule has 108 valence electrons. The average molecular weight is 260 g/mol. The van der Waals surface area contributed by atoms with Crippen molar-refractivity contribution in [1.82, 2.24) is 0 Å². The van der Waals surface area contributed by atoms with E-state index in [1.54, 1.807) is 0 Å². The Morgan fingerprint density at radius 3 is 1.74 bits per heavy atom. The summed E-state index contributed by atoms with van der Waals surface area (Å²) < 4.78 is 0. The molecule has 0 saturated carbocycles. The maximum Gasteiger partial charge on any atom is -0.0108 e. The Labute approximate surface area is 120 Å². The van der Waals surface area contributed by atoms with E-state index in [9.17, 15) is 0 Å². The van der Waals surface area contributed by atoms with Gasteiger partial charge < -0.3 is 0 Å². The van der Waals surface area contributed by atoms with E-state index in [2.05, 4.69) is 78.8 Å². The van der Waals surface area contributed by atoms with E-state index in [1.807, 2.05) is 0 Å². The second-order valence-corrected chi connectivity index (χ2v) is 7.85. The lowest BCUT2D eigenvalue weighted by molar-refractivity contribution is 0.183. The Morgan fingerprint density at radius 2 is 1.37 bits per heavy atom. The van der Waals surface area contributed by atoms with Crippen LogP contribution in [0.1, 0.15) is 66.4 Å². The Morgan fingerprint density at radius 1 is 0.842 bits per heavy atom. The maximum atomic E-state index is 2.38. The summed E-state index contributed by atoms with van der Waals surface area (Å²) in [5, 5.41) is 0. The van der Waals surface area contributed by atoms with E-state index in [-0.39, 0.29) is 0 Å². The minimum Gasteiger partial charge on any atom is -0.0625 e. The van der Waals surface area contributed by atoms with Gasteiger partial charge in [-0.25, -0.2) is 0 Å². The average Bonchev–Trinajstić information content (AvgIpc) is 2.27. The summed E-state index contributed by atoms with van der Waals surface area (Å²) in [6.07, 6.45) is 1.29. The van der Waals surface area contributed by atoms with Crippen molar-refractivity contribution in [2.75, 3.05) is 0 Å². The molecular formula is C19H32. The van der Waals surface area contributed by atoms with Crippen LogP contribution in [0, 0.1) is 23.2 Å². The number of benzene rings is 1. The lowest BCUT2D eigenvalue weighted by atomic mass is 9.67. The van der Waals surface area contributed by atoms with E-state index in [1.165, 1.54) is 12.0 Å². The van der Waals surface area contributed by atoms with Gasteiger partial charge in [0, 0.05) is 0 Å². The van der Waals surface area contributed by atoms with E-state index in [4.69, 9.17) is 0 Å². The molecule has 1 aromatic carbocycles. The first-order chi connectivity index (χ1) is 8.72. The highest BCUT2D eigenvalue weighted by molar-refractivity contribution is 5.21. The van der Waals surface area contributed by atoms with Crippen molar-refractivity contribution in [2.45, 2.75) is 60.8 Å². The minimum absolute atomic E-state index is 0.400. The van der Waals surface area contributed by atoms with Gasteiger partial charge >= 0.3 is 0 Å². The lowest BCUT2D eigenvalue weighted by Crippen LogP contribution is -2.27. The summed E-state index contributed by atoms with van der Waals surface area (Å²) in [7, 11) is 0. The van der Waals surface area contributed by atoms with Crippen LogP contribution in [0.15, 0.2) is 30.3 Å². The van der Waals surface area contributed by atoms with Crippen LogP contribution >= 0.6 is 0 Å². The van der Waals surface area contributed by atoms with E-state index in [0.717, 1.165) is 11.8 Å². The minimum atomic E-state index is 0.400. The first kappa shape index (κ1) is 16.3. The SMILES string of the molecule is CC(C)C(CC(C)(C)C)C(c1ccccc1)C(C)C. The largest absolute Gasteiger partial charge is 0.0625 e. The zero-order valence-corrected chi connectivity index (χ0v) is 13.9. The summed E-state index contributed by atoms with van der Waals surface area (Å²) in [5.74, 6) is 2.84. The lowest BCUT2D eigenvalue weighted by Gasteiger charge is -2.37. The normalized spacial score (nSPS) is 15.8. The third-order valence-corrected chi connectivity index (χ3v) is 4.07. The summed E-state index contributed by atoms with van der Waals surface area (Å²) >= 11 is 0. The second-order valence-electron chi connectivity index (χ2n) is 7.85. The van der Waals surface area contributed by atoms with Crippen molar-refractivity contribution in [3.63, 3.8) is 0 Å². The van der Waals surface area contributed by atoms with E-state index >= 15 is 0 Å². The van der Waals surface area contributed by atoms with Gasteiger partial charge in [0.15, 0.2) is 0 Å². The van der Waals surface area contributed by atoms with Gasteiger partial charge in [0.1, 0.15) is 0 Å². The zero-order valence-electron chi connectivity index (χ0n) is 13.9. The fourth-order valence-electron chi connectivity index (χ4n) is 3.29. The Kier molecular flexibility index (Phi) is 5.64. The van der Waals surface area contributed by atoms with Gasteiger partial charge in [-0.3, -0.25) is 0 Å². The molecule has 0 aliphatic heterocycles. The fourth-order valence-corrected chi connectivity index (χ4v) is 3.29. The van der Waals surface area contributed by atoms with Crippen LogP contribution in [0.3, 0.4) is 0 Å². The Balaban J connectivity index is 3.07. The summed E-state index contributed by atoms with van der Waals surface area (Å²) in [4.78, 5) is 0. The van der Waals surface area contributed by atoms with Crippen LogP contribution in [0.2, 0.25) is 0 Å². The van der Waals surface area contributed by atoms with Gasteiger partial charge in [0.2, 0.25) is 0 Å². The summed E-state index contributed by atoms with van der Waals surface area (Å²) in [5.41, 5.74) is 1.91. The molecule has 0 N–H and O–H groups in total. The highest BCUT2D eigenvalue weighted by atomic mass is 14.4. The molecule has 0 bridgehead atoms. The van der Waals surface area contributed by atoms with E-state index < -0.39 is 0 Å². The van der Waals surface area contributed by atoms with E-state index in [0.29, 0.717) is 17.3 Å². The highest BCUT2D eigenvalue weighted by Crippen LogP contribution is 2.42. The number of hydrogen-bond acceptors (Lipinski definition) is 0. The molecule has 0 aromatic heterocycles. The van der Waals surface area contributed by atoms with Crippen LogP contribution in [-0.2, 0) is 0 Å². The molecular weight excluding hydrogens is 228 g/mol. The smallest absolute Gasteiger partial charge is 0.0108 e. The van der Waals surface area contributed by atoms with Crippen molar-refractivity contribution >= 4 is 0 Å². The Bertz CT molecular complexity index is 353. The van der Waals surface area contributed by atoms with Crippen molar-refractivity contribution < 1.29 is 0 Å². The standard InChI is InChI=1S/C19H32/c1-14(2)17(13-19(5,6)7)18(15(3)4)16-11-9-8-10-12-16/h8-12,14-15,17-18H,13H2,1-7H3. The van der Waals surface area contributed by atoms with Gasteiger partial charge in [-0.1, -0.05) is 78.8 Å². The summed E-state index contributed by atoms with van der Waals surface area (Å²) in [6, 6.07) is 11.1. The molecule has 1 rings (SSSR count). The molecule has 1 aromatic rings. The van der Waals surface area contributed by atoms with Crippen LogP contribution in [0.5, 0.6) is 0 Å². The van der Waals surface area contributed by atoms with Crippen molar-refractivity contribution in [3.8, 4) is 0 Å². The van der Waals surface area contributed by atoms with Gasteiger partial charge in [0.25, 0.3) is 0 Å². The van der Waals surface area contributed by atoms with Gasteiger partial charge in [-0.05, 0) is 41.1 Å². The molecule has 0 heterocycles. The molecule has 0 nitrogen and oxygen atoms in total. The predicted octanol–water partition coefficient (Wildman–Crippen LogP) is 6.13. The predicted molar refractivity (Wildman–Crippen MR) is 86.4 cm³/mol. The van der Waals surface area contributed by atoms with Crippen LogP contribution in [0.25, 0.3) is 0 Å². The molecule has 0 aliphatic carbocycles. The molecule has 0 heteroatoms. The first-order valence-corrected chi connectivity index (χ1v) is 7.77. The molecule has 0 radical (unpaired) electrons. The molecule has 0 spiro atoms. The van der Waals surface area contributed by atoms with Gasteiger partial charge in [-0.15, -0.1) is 0 Å². The molecule has 2 unspecified atom stereocenters. The third kappa shape index (κ3) is 5.01. The highest BCUT2D eigenvalue weighted by Gasteiger charge is 2.31. The van der Waals surface area contributed by atoms with Gasteiger partial charge in [-0.2, -0.15) is 0 Å². The molecule has 2 atom stereocenters. The molecule has 0 saturated heterocycles. The molecule has 0 aliphatic rings. The summed E-state index contributed by atoms with van der Waals surface area (Å²) in [6.45, 7) is 16.6. The molecule has 19 heavy (non-hydrogen) atoms. The van der Waals surface area contributed by atoms with Crippen molar-refractivity contribution in [1.29, 1.82) is 0 Å². The maximum absolute atomic E-state index is 2.38.